The van der Waals surface area contributed by atoms with Gasteiger partial charge in [-0.1, -0.05) is 35.0 Å². The average molecular weight is 463 g/mol. The first-order chi connectivity index (χ1) is 13.9. The number of benzene rings is 2. The Morgan fingerprint density at radius 1 is 1.14 bits per heavy atom. The lowest BCUT2D eigenvalue weighted by Gasteiger charge is -2.28. The molecule has 1 unspecified atom stereocenters. The summed E-state index contributed by atoms with van der Waals surface area (Å²) in [4.78, 5) is 27.0. The fourth-order valence-corrected chi connectivity index (χ4v) is 2.97. The summed E-state index contributed by atoms with van der Waals surface area (Å²) >= 11 is 3.37. The van der Waals surface area contributed by atoms with Crippen LogP contribution in [0.4, 0.5) is 0 Å². The summed E-state index contributed by atoms with van der Waals surface area (Å²) in [5, 5.41) is 2.85. The van der Waals surface area contributed by atoms with Gasteiger partial charge in [0.2, 0.25) is 5.91 Å². The summed E-state index contributed by atoms with van der Waals surface area (Å²) in [5.41, 5.74) is 0.872. The standard InChI is InChI=1S/C22H27BrN2O4/c1-4-12-24-22(27)16(2)25(14-17-6-5-7-20(13-17)28-3)21(26)15-29-19-10-8-18(23)9-11-19/h5-11,13,16H,4,12,14-15H2,1-3H3,(H,24,27). The van der Waals surface area contributed by atoms with Gasteiger partial charge in [-0.3, -0.25) is 9.59 Å². The number of carbonyl (C=O) groups is 2. The number of amides is 2. The van der Waals surface area contributed by atoms with E-state index in [0.717, 1.165) is 16.5 Å². The minimum atomic E-state index is -0.631. The zero-order valence-electron chi connectivity index (χ0n) is 17.0. The number of halogens is 1. The number of nitrogens with one attached hydrogen (secondary N) is 1. The van der Waals surface area contributed by atoms with Crippen LogP contribution in [0.3, 0.4) is 0 Å². The molecule has 1 atom stereocenters. The molecule has 6 nitrogen and oxygen atoms in total. The van der Waals surface area contributed by atoms with Crippen molar-refractivity contribution in [2.75, 3.05) is 20.3 Å². The number of hydrogen-bond donors (Lipinski definition) is 1. The smallest absolute Gasteiger partial charge is 0.261 e. The van der Waals surface area contributed by atoms with Crippen molar-refractivity contribution in [3.8, 4) is 11.5 Å². The van der Waals surface area contributed by atoms with Crippen molar-refractivity contribution in [2.45, 2.75) is 32.9 Å². The molecule has 0 saturated heterocycles. The van der Waals surface area contributed by atoms with Gasteiger partial charge in [0.1, 0.15) is 17.5 Å². The van der Waals surface area contributed by atoms with Crippen LogP contribution in [0, 0.1) is 0 Å². The highest BCUT2D eigenvalue weighted by Gasteiger charge is 2.26. The second-order valence-electron chi connectivity index (χ2n) is 6.58. The summed E-state index contributed by atoms with van der Waals surface area (Å²) in [6.07, 6.45) is 0.828. The van der Waals surface area contributed by atoms with E-state index in [1.54, 1.807) is 26.2 Å². The highest BCUT2D eigenvalue weighted by Crippen LogP contribution is 2.18. The highest BCUT2D eigenvalue weighted by molar-refractivity contribution is 9.10. The maximum absolute atomic E-state index is 12.9. The van der Waals surface area contributed by atoms with E-state index in [9.17, 15) is 9.59 Å². The molecule has 2 aromatic carbocycles. The van der Waals surface area contributed by atoms with Crippen LogP contribution >= 0.6 is 15.9 Å². The summed E-state index contributed by atoms with van der Waals surface area (Å²) in [7, 11) is 1.59. The predicted molar refractivity (Wildman–Crippen MR) is 116 cm³/mol. The largest absolute Gasteiger partial charge is 0.497 e. The molecule has 0 aliphatic heterocycles. The molecule has 0 aromatic heterocycles. The average Bonchev–Trinajstić information content (AvgIpc) is 2.74. The van der Waals surface area contributed by atoms with Crippen molar-refractivity contribution < 1.29 is 19.1 Å². The number of hydrogen-bond acceptors (Lipinski definition) is 4. The van der Waals surface area contributed by atoms with Crippen molar-refractivity contribution in [1.82, 2.24) is 10.2 Å². The van der Waals surface area contributed by atoms with Crippen LogP contribution in [0.25, 0.3) is 0 Å². The summed E-state index contributed by atoms with van der Waals surface area (Å²) in [6, 6.07) is 14.1. The van der Waals surface area contributed by atoms with Crippen LogP contribution < -0.4 is 14.8 Å². The van der Waals surface area contributed by atoms with Crippen LogP contribution in [-0.2, 0) is 16.1 Å². The normalized spacial score (nSPS) is 11.4. The molecule has 2 rings (SSSR count). The molecule has 0 aliphatic rings. The summed E-state index contributed by atoms with van der Waals surface area (Å²) in [5.74, 6) is 0.830. The predicted octanol–water partition coefficient (Wildman–Crippen LogP) is 3.78. The third-order valence-corrected chi connectivity index (χ3v) is 4.91. The Morgan fingerprint density at radius 2 is 1.86 bits per heavy atom. The third-order valence-electron chi connectivity index (χ3n) is 4.38. The van der Waals surface area contributed by atoms with Gasteiger partial charge in [-0.05, 0) is 55.3 Å². The van der Waals surface area contributed by atoms with Crippen LogP contribution in [0.5, 0.6) is 11.5 Å². The number of ether oxygens (including phenoxy) is 2. The Hall–Kier alpha value is -2.54. The van der Waals surface area contributed by atoms with Gasteiger partial charge < -0.3 is 19.7 Å². The van der Waals surface area contributed by atoms with E-state index in [4.69, 9.17) is 9.47 Å². The van der Waals surface area contributed by atoms with Gasteiger partial charge >= 0.3 is 0 Å². The van der Waals surface area contributed by atoms with Crippen LogP contribution in [-0.4, -0.2) is 43.0 Å². The second kappa shape index (κ2) is 11.5. The van der Waals surface area contributed by atoms with Crippen molar-refractivity contribution in [2.24, 2.45) is 0 Å². The summed E-state index contributed by atoms with van der Waals surface area (Å²) < 4.78 is 11.8. The van der Waals surface area contributed by atoms with E-state index < -0.39 is 6.04 Å². The quantitative estimate of drug-likeness (QED) is 0.583. The zero-order valence-corrected chi connectivity index (χ0v) is 18.6. The lowest BCUT2D eigenvalue weighted by Crippen LogP contribution is -2.49. The Kier molecular flexibility index (Phi) is 8.99. The fraction of sp³-hybridized carbons (Fsp3) is 0.364. The minimum absolute atomic E-state index is 0.156. The Morgan fingerprint density at radius 3 is 2.52 bits per heavy atom. The van der Waals surface area contributed by atoms with Gasteiger partial charge in [0, 0.05) is 17.6 Å². The maximum Gasteiger partial charge on any atom is 0.261 e. The van der Waals surface area contributed by atoms with E-state index in [2.05, 4.69) is 21.2 Å². The van der Waals surface area contributed by atoms with Crippen LogP contribution in [0.15, 0.2) is 53.0 Å². The zero-order chi connectivity index (χ0) is 21.2. The molecule has 7 heteroatoms. The van der Waals surface area contributed by atoms with E-state index in [-0.39, 0.29) is 25.0 Å². The molecule has 2 amide bonds. The van der Waals surface area contributed by atoms with E-state index in [0.29, 0.717) is 18.0 Å². The Bertz CT molecular complexity index is 811. The lowest BCUT2D eigenvalue weighted by atomic mass is 10.1. The summed E-state index contributed by atoms with van der Waals surface area (Å²) in [6.45, 7) is 4.40. The molecule has 0 saturated carbocycles. The highest BCUT2D eigenvalue weighted by atomic mass is 79.9. The van der Waals surface area contributed by atoms with Gasteiger partial charge in [-0.2, -0.15) is 0 Å². The lowest BCUT2D eigenvalue weighted by molar-refractivity contribution is -0.142. The maximum atomic E-state index is 12.9. The van der Waals surface area contributed by atoms with Gasteiger partial charge in [-0.25, -0.2) is 0 Å². The van der Waals surface area contributed by atoms with E-state index in [1.807, 2.05) is 43.3 Å². The molecule has 0 fully saturated rings. The first kappa shape index (κ1) is 22.7. The van der Waals surface area contributed by atoms with E-state index >= 15 is 0 Å². The van der Waals surface area contributed by atoms with Gasteiger partial charge in [0.05, 0.1) is 7.11 Å². The van der Waals surface area contributed by atoms with Crippen LogP contribution in [0.1, 0.15) is 25.8 Å². The first-order valence-electron chi connectivity index (χ1n) is 9.53. The molecule has 0 spiro atoms. The molecule has 0 heterocycles. The van der Waals surface area contributed by atoms with Crippen molar-refractivity contribution >= 4 is 27.7 Å². The van der Waals surface area contributed by atoms with Gasteiger partial charge in [-0.15, -0.1) is 0 Å². The third kappa shape index (κ3) is 7.09. The molecule has 2 aromatic rings. The Balaban J connectivity index is 2.14. The molecule has 156 valence electrons. The molecular formula is C22H27BrN2O4. The second-order valence-corrected chi connectivity index (χ2v) is 7.50. The number of carbonyl (C=O) groups excluding carboxylic acids is 2. The number of rotatable bonds is 10. The van der Waals surface area contributed by atoms with Crippen molar-refractivity contribution in [3.63, 3.8) is 0 Å². The van der Waals surface area contributed by atoms with Gasteiger partial charge in [0.25, 0.3) is 5.91 Å². The Labute approximate surface area is 180 Å². The number of nitrogens with zero attached hydrogens (tertiary/aromatic N) is 1. The molecule has 0 bridgehead atoms. The molecule has 29 heavy (non-hydrogen) atoms. The van der Waals surface area contributed by atoms with Crippen LogP contribution in [0.2, 0.25) is 0 Å². The van der Waals surface area contributed by atoms with Crippen molar-refractivity contribution in [3.05, 3.63) is 58.6 Å². The monoisotopic (exact) mass is 462 g/mol. The molecule has 0 radical (unpaired) electrons. The van der Waals surface area contributed by atoms with E-state index in [1.165, 1.54) is 4.90 Å². The number of methoxy groups -OCH3 is 1. The topological polar surface area (TPSA) is 67.9 Å². The first-order valence-corrected chi connectivity index (χ1v) is 10.3. The molecule has 1 N–H and O–H groups in total. The minimum Gasteiger partial charge on any atom is -0.497 e. The molecule has 0 aliphatic carbocycles. The van der Waals surface area contributed by atoms with Crippen molar-refractivity contribution in [1.29, 1.82) is 0 Å². The van der Waals surface area contributed by atoms with Gasteiger partial charge in [0.15, 0.2) is 6.61 Å². The molecular weight excluding hydrogens is 436 g/mol. The SMILES string of the molecule is CCCNC(=O)C(C)N(Cc1cccc(OC)c1)C(=O)COc1ccc(Br)cc1. The fourth-order valence-electron chi connectivity index (χ4n) is 2.70.